The van der Waals surface area contributed by atoms with E-state index in [4.69, 9.17) is 9.84 Å². The number of carbonyl (C=O) groups is 1. The number of methoxy groups -OCH3 is 1. The average Bonchev–Trinajstić information content (AvgIpc) is 2.72. The summed E-state index contributed by atoms with van der Waals surface area (Å²) >= 11 is 0. The fraction of sp³-hybridized carbons (Fsp3) is 0.0417. The van der Waals surface area contributed by atoms with Crippen LogP contribution in [0.25, 0.3) is 17.2 Å². The Morgan fingerprint density at radius 3 is 2.33 bits per heavy atom. The standard InChI is InChI=1S/C24H18O3/c1-27-22-16-14-20(15-17-22)23-9-5-4-8-19(23)7-3-2-6-18-10-12-21(13-11-18)24(25)26/h3-5,7-17H,1H3,(H,25,26)/b7-3+. The first-order chi connectivity index (χ1) is 13.2. The maximum Gasteiger partial charge on any atom is 0.335 e. The molecule has 0 heterocycles. The molecule has 132 valence electrons. The van der Waals surface area contributed by atoms with E-state index in [1.807, 2.05) is 48.5 Å². The minimum atomic E-state index is -0.940. The predicted molar refractivity (Wildman–Crippen MR) is 108 cm³/mol. The Balaban J connectivity index is 1.79. The summed E-state index contributed by atoms with van der Waals surface area (Å²) < 4.78 is 5.21. The lowest BCUT2D eigenvalue weighted by Crippen LogP contribution is -1.94. The van der Waals surface area contributed by atoms with E-state index in [1.54, 1.807) is 37.5 Å². The van der Waals surface area contributed by atoms with Crippen LogP contribution in [0, 0.1) is 11.8 Å². The Kier molecular flexibility index (Phi) is 5.71. The number of hydrogen-bond donors (Lipinski definition) is 1. The summed E-state index contributed by atoms with van der Waals surface area (Å²) in [7, 11) is 1.65. The Labute approximate surface area is 158 Å². The van der Waals surface area contributed by atoms with Crippen molar-refractivity contribution in [2.24, 2.45) is 0 Å². The van der Waals surface area contributed by atoms with Gasteiger partial charge in [-0.2, -0.15) is 0 Å². The second kappa shape index (κ2) is 8.55. The normalized spacial score (nSPS) is 10.3. The number of carboxylic acids is 1. The van der Waals surface area contributed by atoms with Crippen LogP contribution in [0.3, 0.4) is 0 Å². The summed E-state index contributed by atoms with van der Waals surface area (Å²) in [6, 6.07) is 22.6. The maximum absolute atomic E-state index is 10.9. The summed E-state index contributed by atoms with van der Waals surface area (Å²) in [5.74, 6) is 5.89. The molecule has 0 amide bonds. The van der Waals surface area contributed by atoms with E-state index in [2.05, 4.69) is 17.9 Å². The van der Waals surface area contributed by atoms with Crippen LogP contribution in [0.1, 0.15) is 21.5 Å². The van der Waals surface area contributed by atoms with Crippen LogP contribution in [0.2, 0.25) is 0 Å². The number of benzene rings is 3. The van der Waals surface area contributed by atoms with E-state index < -0.39 is 5.97 Å². The highest BCUT2D eigenvalue weighted by molar-refractivity contribution is 5.87. The SMILES string of the molecule is COc1ccc(-c2ccccc2/C=C/C#Cc2ccc(C(=O)O)cc2)cc1. The molecule has 0 aromatic heterocycles. The highest BCUT2D eigenvalue weighted by Gasteiger charge is 2.02. The third-order valence-corrected chi connectivity index (χ3v) is 4.06. The fourth-order valence-corrected chi connectivity index (χ4v) is 2.63. The molecule has 0 bridgehead atoms. The van der Waals surface area contributed by atoms with Crippen molar-refractivity contribution >= 4 is 12.0 Å². The molecular weight excluding hydrogens is 336 g/mol. The predicted octanol–water partition coefficient (Wildman–Crippen LogP) is 5.13. The van der Waals surface area contributed by atoms with Gasteiger partial charge in [-0.05, 0) is 65.2 Å². The van der Waals surface area contributed by atoms with E-state index in [0.717, 1.165) is 28.0 Å². The Morgan fingerprint density at radius 1 is 0.963 bits per heavy atom. The van der Waals surface area contributed by atoms with Gasteiger partial charge in [0.05, 0.1) is 12.7 Å². The van der Waals surface area contributed by atoms with Gasteiger partial charge in [0, 0.05) is 5.56 Å². The van der Waals surface area contributed by atoms with Crippen molar-refractivity contribution in [3.63, 3.8) is 0 Å². The van der Waals surface area contributed by atoms with Crippen LogP contribution in [-0.4, -0.2) is 18.2 Å². The molecule has 0 aliphatic rings. The molecule has 0 saturated carbocycles. The Bertz CT molecular complexity index is 1020. The second-order valence-corrected chi connectivity index (χ2v) is 5.80. The lowest BCUT2D eigenvalue weighted by molar-refractivity contribution is 0.0697. The topological polar surface area (TPSA) is 46.5 Å². The molecule has 3 rings (SSSR count). The Morgan fingerprint density at radius 2 is 1.67 bits per heavy atom. The molecule has 0 saturated heterocycles. The molecule has 0 atom stereocenters. The molecule has 1 N–H and O–H groups in total. The van der Waals surface area contributed by atoms with Crippen molar-refractivity contribution in [3.8, 4) is 28.7 Å². The maximum atomic E-state index is 10.9. The molecule has 0 unspecified atom stereocenters. The van der Waals surface area contributed by atoms with E-state index in [1.165, 1.54) is 0 Å². The van der Waals surface area contributed by atoms with E-state index >= 15 is 0 Å². The highest BCUT2D eigenvalue weighted by atomic mass is 16.5. The Hall–Kier alpha value is -3.77. The average molecular weight is 354 g/mol. The molecule has 3 aromatic carbocycles. The van der Waals surface area contributed by atoms with Gasteiger partial charge in [-0.25, -0.2) is 4.79 Å². The zero-order valence-corrected chi connectivity index (χ0v) is 14.8. The molecular formula is C24H18O3. The molecule has 0 spiro atoms. The molecule has 0 aliphatic heterocycles. The van der Waals surface area contributed by atoms with Gasteiger partial charge in [0.2, 0.25) is 0 Å². The summed E-state index contributed by atoms with van der Waals surface area (Å²) in [5, 5.41) is 8.91. The van der Waals surface area contributed by atoms with Gasteiger partial charge in [-0.1, -0.05) is 48.2 Å². The molecule has 27 heavy (non-hydrogen) atoms. The van der Waals surface area contributed by atoms with Crippen LogP contribution in [-0.2, 0) is 0 Å². The van der Waals surface area contributed by atoms with Gasteiger partial charge >= 0.3 is 5.97 Å². The van der Waals surface area contributed by atoms with Gasteiger partial charge < -0.3 is 9.84 Å². The monoisotopic (exact) mass is 354 g/mol. The van der Waals surface area contributed by atoms with Gasteiger partial charge in [0.15, 0.2) is 0 Å². The summed E-state index contributed by atoms with van der Waals surface area (Å²) in [6.07, 6.45) is 3.77. The molecule has 0 radical (unpaired) electrons. The summed E-state index contributed by atoms with van der Waals surface area (Å²) in [4.78, 5) is 10.9. The zero-order valence-electron chi connectivity index (χ0n) is 14.8. The molecule has 3 heteroatoms. The first kappa shape index (κ1) is 18.0. The van der Waals surface area contributed by atoms with Crippen LogP contribution in [0.4, 0.5) is 0 Å². The van der Waals surface area contributed by atoms with Crippen LogP contribution < -0.4 is 4.74 Å². The van der Waals surface area contributed by atoms with Crippen molar-refractivity contribution < 1.29 is 14.6 Å². The summed E-state index contributed by atoms with van der Waals surface area (Å²) in [6.45, 7) is 0. The van der Waals surface area contributed by atoms with Crippen molar-refractivity contribution in [3.05, 3.63) is 95.6 Å². The summed E-state index contributed by atoms with van der Waals surface area (Å²) in [5.41, 5.74) is 4.31. The minimum Gasteiger partial charge on any atom is -0.497 e. The van der Waals surface area contributed by atoms with Gasteiger partial charge in [0.25, 0.3) is 0 Å². The van der Waals surface area contributed by atoms with Crippen molar-refractivity contribution in [2.45, 2.75) is 0 Å². The fourth-order valence-electron chi connectivity index (χ4n) is 2.63. The van der Waals surface area contributed by atoms with Crippen LogP contribution in [0.15, 0.2) is 78.9 Å². The quantitative estimate of drug-likeness (QED) is 0.661. The van der Waals surface area contributed by atoms with Gasteiger partial charge in [0.1, 0.15) is 5.75 Å². The number of allylic oxidation sites excluding steroid dienone is 1. The number of ether oxygens (including phenoxy) is 1. The zero-order chi connectivity index (χ0) is 19.1. The molecule has 0 aliphatic carbocycles. The van der Waals surface area contributed by atoms with Gasteiger partial charge in [-0.15, -0.1) is 0 Å². The first-order valence-electron chi connectivity index (χ1n) is 8.42. The lowest BCUT2D eigenvalue weighted by atomic mass is 9.99. The van der Waals surface area contributed by atoms with Crippen molar-refractivity contribution in [1.29, 1.82) is 0 Å². The minimum absolute atomic E-state index is 0.254. The van der Waals surface area contributed by atoms with Crippen molar-refractivity contribution in [1.82, 2.24) is 0 Å². The van der Waals surface area contributed by atoms with Crippen molar-refractivity contribution in [2.75, 3.05) is 7.11 Å². The third kappa shape index (κ3) is 4.65. The molecule has 3 nitrogen and oxygen atoms in total. The second-order valence-electron chi connectivity index (χ2n) is 5.80. The molecule has 3 aromatic rings. The number of aromatic carboxylic acids is 1. The van der Waals surface area contributed by atoms with Crippen LogP contribution in [0.5, 0.6) is 5.75 Å². The first-order valence-corrected chi connectivity index (χ1v) is 8.42. The van der Waals surface area contributed by atoms with Gasteiger partial charge in [-0.3, -0.25) is 0 Å². The smallest absolute Gasteiger partial charge is 0.335 e. The highest BCUT2D eigenvalue weighted by Crippen LogP contribution is 2.26. The lowest BCUT2D eigenvalue weighted by Gasteiger charge is -2.07. The number of carboxylic acid groups (broad SMARTS) is 1. The largest absolute Gasteiger partial charge is 0.497 e. The third-order valence-electron chi connectivity index (χ3n) is 4.06. The number of hydrogen-bond acceptors (Lipinski definition) is 2. The number of rotatable bonds is 4. The van der Waals surface area contributed by atoms with E-state index in [9.17, 15) is 4.79 Å². The van der Waals surface area contributed by atoms with Crippen LogP contribution >= 0.6 is 0 Å². The van der Waals surface area contributed by atoms with E-state index in [0.29, 0.717) is 0 Å². The molecule has 0 fully saturated rings. The van der Waals surface area contributed by atoms with E-state index in [-0.39, 0.29) is 5.56 Å².